The molecule has 12 nitrogen and oxygen atoms in total. The Balaban J connectivity index is 1.60. The highest BCUT2D eigenvalue weighted by atomic mass is 16.7. The van der Waals surface area contributed by atoms with E-state index in [-0.39, 0.29) is 5.91 Å². The van der Waals surface area contributed by atoms with Crippen LogP contribution >= 0.6 is 0 Å². The molecular weight excluding hydrogens is 558 g/mol. The molecule has 230 valence electrons. The first-order valence-electron chi connectivity index (χ1n) is 14.2. The van der Waals surface area contributed by atoms with E-state index in [0.29, 0.717) is 40.2 Å². The van der Waals surface area contributed by atoms with Gasteiger partial charge in [-0.3, -0.25) is 4.79 Å². The number of rotatable bonds is 11. The summed E-state index contributed by atoms with van der Waals surface area (Å²) in [5.41, 5.74) is 7.53. The Hall–Kier alpha value is -4.94. The number of hydroxylamine groups is 1. The zero-order valence-corrected chi connectivity index (χ0v) is 26.2. The van der Waals surface area contributed by atoms with Crippen molar-refractivity contribution in [3.05, 3.63) is 67.0 Å². The van der Waals surface area contributed by atoms with Crippen molar-refractivity contribution in [1.82, 2.24) is 24.9 Å². The molecule has 0 radical (unpaired) electrons. The Morgan fingerprint density at radius 3 is 2.61 bits per heavy atom. The van der Waals surface area contributed by atoms with Crippen molar-refractivity contribution in [2.75, 3.05) is 56.9 Å². The summed E-state index contributed by atoms with van der Waals surface area (Å²) in [5.74, 6) is 1.12. The molecule has 44 heavy (non-hydrogen) atoms. The van der Waals surface area contributed by atoms with Crippen molar-refractivity contribution in [3.63, 3.8) is 0 Å². The number of ether oxygens (including phenoxy) is 1. The lowest BCUT2D eigenvalue weighted by Gasteiger charge is -2.26. The molecule has 0 bridgehead atoms. The molecule has 3 N–H and O–H groups in total. The van der Waals surface area contributed by atoms with Crippen LogP contribution in [0.15, 0.2) is 66.4 Å². The third-order valence-corrected chi connectivity index (χ3v) is 7.28. The number of fused-ring (bicyclic) bond motifs is 1. The molecule has 1 aliphatic heterocycles. The normalized spacial score (nSPS) is 13.9. The van der Waals surface area contributed by atoms with Gasteiger partial charge in [-0.05, 0) is 46.2 Å². The molecule has 0 saturated carbocycles. The van der Waals surface area contributed by atoms with E-state index in [1.54, 1.807) is 13.3 Å². The Bertz CT molecular complexity index is 1740. The first-order chi connectivity index (χ1) is 21.0. The predicted molar refractivity (Wildman–Crippen MR) is 176 cm³/mol. The van der Waals surface area contributed by atoms with Crippen molar-refractivity contribution < 1.29 is 14.4 Å². The number of methoxy groups -OCH3 is 1. The minimum Gasteiger partial charge on any atom is -0.494 e. The Labute approximate surface area is 257 Å². The molecule has 0 atom stereocenters. The molecule has 0 unspecified atom stereocenters. The van der Waals surface area contributed by atoms with Crippen LogP contribution in [0.4, 0.5) is 23.0 Å². The van der Waals surface area contributed by atoms with Gasteiger partial charge in [0.25, 0.3) is 0 Å². The van der Waals surface area contributed by atoms with Crippen LogP contribution in [0.2, 0.25) is 0 Å². The number of aromatic nitrogens is 3. The minimum atomic E-state index is -0.733. The lowest BCUT2D eigenvalue weighted by molar-refractivity contribution is -0.111. The van der Waals surface area contributed by atoms with E-state index in [1.807, 2.05) is 72.5 Å². The van der Waals surface area contributed by atoms with Gasteiger partial charge in [0, 0.05) is 62.1 Å². The van der Waals surface area contributed by atoms with Gasteiger partial charge < -0.3 is 29.7 Å². The molecule has 1 aliphatic rings. The zero-order valence-electron chi connectivity index (χ0n) is 26.2. The van der Waals surface area contributed by atoms with Gasteiger partial charge in [0.1, 0.15) is 5.75 Å². The highest BCUT2D eigenvalue weighted by Gasteiger charge is 2.29. The standard InChI is InChI=1S/C32H39N9O3/c1-9-28(42)34-23-16-24(27(43-8)17-26(23)40(6)15-14-39(4)5)35-31-33-18-21(30-37-32(2,3)44-38-30)29(36-31)22-19-41(7)25-13-11-10-12-20(22)25/h9-13,16-19H,1,14-15H2,2-8H3,(H,34,42)(H,37,38)(H,33,35,36). The summed E-state index contributed by atoms with van der Waals surface area (Å²) >= 11 is 0. The first kappa shape index (κ1) is 30.5. The smallest absolute Gasteiger partial charge is 0.247 e. The van der Waals surface area contributed by atoms with E-state index in [0.717, 1.165) is 35.2 Å². The molecule has 2 aromatic carbocycles. The number of hydrogen-bond donors (Lipinski definition) is 3. The largest absolute Gasteiger partial charge is 0.494 e. The number of aliphatic imine (C=N–C) groups is 1. The summed E-state index contributed by atoms with van der Waals surface area (Å²) < 4.78 is 7.85. The monoisotopic (exact) mass is 597 g/mol. The molecule has 0 spiro atoms. The number of anilines is 4. The summed E-state index contributed by atoms with van der Waals surface area (Å²) in [6.45, 7) is 8.91. The molecule has 2 aromatic heterocycles. The average Bonchev–Trinajstić information content (AvgIpc) is 3.54. The maximum atomic E-state index is 12.4. The fraction of sp³-hybridized carbons (Fsp3) is 0.312. The summed E-state index contributed by atoms with van der Waals surface area (Å²) in [5, 5.41) is 7.29. The second kappa shape index (κ2) is 12.3. The summed E-state index contributed by atoms with van der Waals surface area (Å²) in [7, 11) is 9.61. The van der Waals surface area contributed by atoms with Crippen LogP contribution in [0.1, 0.15) is 19.4 Å². The molecule has 4 aromatic rings. The Morgan fingerprint density at radius 2 is 1.93 bits per heavy atom. The van der Waals surface area contributed by atoms with Crippen molar-refractivity contribution in [3.8, 4) is 17.0 Å². The number of carbonyl (C=O) groups is 1. The number of amidine groups is 1. The van der Waals surface area contributed by atoms with Gasteiger partial charge in [0.05, 0.1) is 35.4 Å². The highest BCUT2D eigenvalue weighted by molar-refractivity contribution is 6.07. The van der Waals surface area contributed by atoms with Gasteiger partial charge >= 0.3 is 0 Å². The van der Waals surface area contributed by atoms with E-state index >= 15 is 0 Å². The minimum absolute atomic E-state index is 0.322. The summed E-state index contributed by atoms with van der Waals surface area (Å²) in [6, 6.07) is 11.8. The number of para-hydroxylation sites is 1. The number of aryl methyl sites for hydroxylation is 1. The molecule has 5 rings (SSSR count). The summed E-state index contributed by atoms with van der Waals surface area (Å²) in [6.07, 6.45) is 5.01. The fourth-order valence-corrected chi connectivity index (χ4v) is 4.98. The van der Waals surface area contributed by atoms with Gasteiger partial charge in [-0.2, -0.15) is 0 Å². The Morgan fingerprint density at radius 1 is 1.16 bits per heavy atom. The first-order valence-corrected chi connectivity index (χ1v) is 14.2. The molecule has 1 amide bonds. The van der Waals surface area contributed by atoms with Gasteiger partial charge in [-0.15, -0.1) is 0 Å². The lowest BCUT2D eigenvalue weighted by Crippen LogP contribution is -2.29. The molecule has 3 heterocycles. The second-order valence-corrected chi connectivity index (χ2v) is 11.4. The van der Waals surface area contributed by atoms with Crippen LogP contribution in [-0.4, -0.2) is 78.2 Å². The van der Waals surface area contributed by atoms with Crippen LogP contribution in [-0.2, 0) is 16.7 Å². The van der Waals surface area contributed by atoms with Crippen LogP contribution < -0.4 is 25.8 Å². The van der Waals surface area contributed by atoms with Crippen molar-refractivity contribution >= 4 is 45.7 Å². The number of likely N-dealkylation sites (N-methyl/N-ethyl adjacent to an activating group) is 2. The maximum Gasteiger partial charge on any atom is 0.247 e. The molecular formula is C32H39N9O3. The quantitative estimate of drug-likeness (QED) is 0.214. The zero-order chi connectivity index (χ0) is 31.6. The molecule has 0 saturated heterocycles. The van der Waals surface area contributed by atoms with Crippen molar-refractivity contribution in [2.45, 2.75) is 19.6 Å². The SMILES string of the molecule is C=CC(=O)Nc1cc(Nc2ncc(C3=NC(C)(C)ON3)c(-c3cn(C)c4ccccc34)n2)c(OC)cc1N(C)CCN(C)C. The fourth-order valence-electron chi connectivity index (χ4n) is 4.98. The van der Waals surface area contributed by atoms with Gasteiger partial charge in [-0.1, -0.05) is 24.8 Å². The highest BCUT2D eigenvalue weighted by Crippen LogP contribution is 2.39. The molecule has 12 heteroatoms. The topological polar surface area (TPSA) is 121 Å². The van der Waals surface area contributed by atoms with Crippen molar-refractivity contribution in [1.29, 1.82) is 0 Å². The van der Waals surface area contributed by atoms with Crippen LogP contribution in [0.5, 0.6) is 5.75 Å². The van der Waals surface area contributed by atoms with Gasteiger partial charge in [0.15, 0.2) is 11.6 Å². The third kappa shape index (κ3) is 6.36. The Kier molecular flexibility index (Phi) is 8.56. The van der Waals surface area contributed by atoms with E-state index in [1.165, 1.54) is 6.08 Å². The van der Waals surface area contributed by atoms with Gasteiger partial charge in [-0.25, -0.2) is 25.3 Å². The van der Waals surface area contributed by atoms with Crippen LogP contribution in [0.25, 0.3) is 22.2 Å². The van der Waals surface area contributed by atoms with Gasteiger partial charge in [0.2, 0.25) is 11.9 Å². The van der Waals surface area contributed by atoms with Crippen LogP contribution in [0, 0.1) is 0 Å². The second-order valence-electron chi connectivity index (χ2n) is 11.4. The van der Waals surface area contributed by atoms with E-state index < -0.39 is 5.72 Å². The number of amides is 1. The van der Waals surface area contributed by atoms with Crippen molar-refractivity contribution in [2.24, 2.45) is 12.0 Å². The lowest BCUT2D eigenvalue weighted by atomic mass is 10.1. The number of benzene rings is 2. The maximum absolute atomic E-state index is 12.4. The number of carbonyl (C=O) groups excluding carboxylic acids is 1. The van der Waals surface area contributed by atoms with E-state index in [2.05, 4.69) is 54.2 Å². The van der Waals surface area contributed by atoms with E-state index in [4.69, 9.17) is 19.6 Å². The number of hydrogen-bond acceptors (Lipinski definition) is 10. The van der Waals surface area contributed by atoms with E-state index in [9.17, 15) is 4.79 Å². The number of nitrogens with one attached hydrogen (secondary N) is 3. The summed E-state index contributed by atoms with van der Waals surface area (Å²) in [4.78, 5) is 36.6. The third-order valence-electron chi connectivity index (χ3n) is 7.28. The average molecular weight is 598 g/mol. The predicted octanol–water partition coefficient (Wildman–Crippen LogP) is 4.53. The van der Waals surface area contributed by atoms with Crippen LogP contribution in [0.3, 0.4) is 0 Å². The molecule has 0 fully saturated rings. The molecule has 0 aliphatic carbocycles. The number of nitrogens with zero attached hydrogens (tertiary/aromatic N) is 6.